The second-order valence-corrected chi connectivity index (χ2v) is 6.29. The molecule has 0 bridgehead atoms. The van der Waals surface area contributed by atoms with Gasteiger partial charge in [0.2, 0.25) is 0 Å². The molecule has 1 rings (SSSR count). The minimum Gasteiger partial charge on any atom is -0.207 e. The van der Waals surface area contributed by atoms with Gasteiger partial charge in [0.1, 0.15) is 5.82 Å². The SMILES string of the molecule is CCSCCCC(CCl)(CCl)c1cccc(F)c1. The molecule has 0 aliphatic carbocycles. The quantitative estimate of drug-likeness (QED) is 0.477. The van der Waals surface area contributed by atoms with Gasteiger partial charge in [-0.05, 0) is 42.0 Å². The lowest BCUT2D eigenvalue weighted by Crippen LogP contribution is -2.31. The summed E-state index contributed by atoms with van der Waals surface area (Å²) < 4.78 is 13.3. The summed E-state index contributed by atoms with van der Waals surface area (Å²) in [4.78, 5) is 0. The lowest BCUT2D eigenvalue weighted by Gasteiger charge is -2.30. The Labute approximate surface area is 123 Å². The van der Waals surface area contributed by atoms with Gasteiger partial charge >= 0.3 is 0 Å². The Bertz CT molecular complexity index is 353. The molecular formula is C14H19Cl2FS. The molecule has 0 heterocycles. The Kier molecular flexibility index (Phi) is 7.43. The van der Waals surface area contributed by atoms with Crippen LogP contribution in [0.3, 0.4) is 0 Å². The molecule has 1 aromatic rings. The highest BCUT2D eigenvalue weighted by atomic mass is 35.5. The summed E-state index contributed by atoms with van der Waals surface area (Å²) in [6.45, 7) is 2.15. The van der Waals surface area contributed by atoms with Gasteiger partial charge in [-0.15, -0.1) is 23.2 Å². The Morgan fingerprint density at radius 3 is 2.56 bits per heavy atom. The van der Waals surface area contributed by atoms with E-state index in [4.69, 9.17) is 23.2 Å². The smallest absolute Gasteiger partial charge is 0.123 e. The van der Waals surface area contributed by atoms with Crippen LogP contribution in [0.4, 0.5) is 4.39 Å². The second-order valence-electron chi connectivity index (χ2n) is 4.36. The highest BCUT2D eigenvalue weighted by Crippen LogP contribution is 2.33. The third-order valence-electron chi connectivity index (χ3n) is 3.10. The van der Waals surface area contributed by atoms with E-state index in [0.717, 1.165) is 29.9 Å². The fourth-order valence-corrected chi connectivity index (χ4v) is 3.44. The zero-order chi connectivity index (χ0) is 13.4. The predicted molar refractivity (Wildman–Crippen MR) is 81.8 cm³/mol. The summed E-state index contributed by atoms with van der Waals surface area (Å²) in [5.74, 6) is 2.85. The third-order valence-corrected chi connectivity index (χ3v) is 5.11. The van der Waals surface area contributed by atoms with Gasteiger partial charge in [0, 0.05) is 17.2 Å². The highest BCUT2D eigenvalue weighted by molar-refractivity contribution is 7.99. The number of thioether (sulfide) groups is 1. The number of benzene rings is 1. The topological polar surface area (TPSA) is 0 Å². The van der Waals surface area contributed by atoms with Crippen LogP contribution in [0, 0.1) is 5.82 Å². The zero-order valence-corrected chi connectivity index (χ0v) is 12.9. The van der Waals surface area contributed by atoms with Crippen LogP contribution in [0.1, 0.15) is 25.3 Å². The van der Waals surface area contributed by atoms with Crippen LogP contribution in [-0.4, -0.2) is 23.3 Å². The van der Waals surface area contributed by atoms with Crippen molar-refractivity contribution in [1.29, 1.82) is 0 Å². The van der Waals surface area contributed by atoms with E-state index in [9.17, 15) is 4.39 Å². The highest BCUT2D eigenvalue weighted by Gasteiger charge is 2.30. The molecule has 0 aromatic heterocycles. The normalized spacial score (nSPS) is 11.8. The van der Waals surface area contributed by atoms with Crippen molar-refractivity contribution in [2.45, 2.75) is 25.2 Å². The van der Waals surface area contributed by atoms with E-state index in [2.05, 4.69) is 6.92 Å². The summed E-state index contributed by atoms with van der Waals surface area (Å²) in [5.41, 5.74) is 0.605. The first-order chi connectivity index (χ1) is 8.68. The Balaban J connectivity index is 2.79. The fraction of sp³-hybridized carbons (Fsp3) is 0.571. The molecule has 0 atom stereocenters. The molecule has 0 saturated carbocycles. The molecule has 102 valence electrons. The largest absolute Gasteiger partial charge is 0.207 e. The summed E-state index contributed by atoms with van der Waals surface area (Å²) in [7, 11) is 0. The van der Waals surface area contributed by atoms with Crippen molar-refractivity contribution in [1.82, 2.24) is 0 Å². The van der Waals surface area contributed by atoms with Gasteiger partial charge in [-0.1, -0.05) is 19.1 Å². The van der Waals surface area contributed by atoms with Crippen LogP contribution in [0.2, 0.25) is 0 Å². The summed E-state index contributed by atoms with van der Waals surface area (Å²) in [6.07, 6.45) is 1.95. The predicted octanol–water partition coefficient (Wildman–Crippen LogP) is 5.07. The maximum atomic E-state index is 13.3. The first-order valence-corrected chi connectivity index (χ1v) is 8.36. The molecule has 0 fully saturated rings. The standard InChI is InChI=1S/C14H19Cl2FS/c1-2-18-8-4-7-14(10-15,11-16)12-5-3-6-13(17)9-12/h3,5-6,9H,2,4,7-8,10-11H2,1H3. The van der Waals surface area contributed by atoms with Crippen molar-refractivity contribution in [3.8, 4) is 0 Å². The average Bonchev–Trinajstić information content (AvgIpc) is 2.40. The van der Waals surface area contributed by atoms with E-state index in [1.165, 1.54) is 6.07 Å². The second kappa shape index (κ2) is 8.29. The molecule has 0 spiro atoms. The minimum atomic E-state index is -0.306. The molecule has 4 heteroatoms. The van der Waals surface area contributed by atoms with E-state index in [-0.39, 0.29) is 11.2 Å². The number of alkyl halides is 2. The minimum absolute atomic E-state index is 0.227. The first-order valence-electron chi connectivity index (χ1n) is 6.14. The van der Waals surface area contributed by atoms with Gasteiger partial charge in [-0.25, -0.2) is 4.39 Å². The molecule has 0 aliphatic heterocycles. The summed E-state index contributed by atoms with van der Waals surface area (Å²) >= 11 is 14.1. The molecule has 0 unspecified atom stereocenters. The van der Waals surface area contributed by atoms with Gasteiger partial charge in [0.05, 0.1) is 0 Å². The van der Waals surface area contributed by atoms with Crippen LogP contribution in [0.25, 0.3) is 0 Å². The Morgan fingerprint density at radius 1 is 1.28 bits per heavy atom. The maximum absolute atomic E-state index is 13.3. The number of hydrogen-bond acceptors (Lipinski definition) is 1. The van der Waals surface area contributed by atoms with Crippen LogP contribution in [0.5, 0.6) is 0 Å². The first kappa shape index (κ1) is 16.1. The molecule has 0 N–H and O–H groups in total. The van der Waals surface area contributed by atoms with Crippen LogP contribution in [-0.2, 0) is 5.41 Å². The van der Waals surface area contributed by atoms with Crippen molar-refractivity contribution in [3.63, 3.8) is 0 Å². The van der Waals surface area contributed by atoms with Crippen molar-refractivity contribution in [3.05, 3.63) is 35.6 Å². The number of hydrogen-bond donors (Lipinski definition) is 0. The van der Waals surface area contributed by atoms with Crippen LogP contribution in [0.15, 0.2) is 24.3 Å². The van der Waals surface area contributed by atoms with Crippen molar-refractivity contribution in [2.75, 3.05) is 23.3 Å². The van der Waals surface area contributed by atoms with Gasteiger partial charge in [0.25, 0.3) is 0 Å². The van der Waals surface area contributed by atoms with E-state index in [1.54, 1.807) is 12.1 Å². The van der Waals surface area contributed by atoms with E-state index < -0.39 is 0 Å². The van der Waals surface area contributed by atoms with Gasteiger partial charge < -0.3 is 0 Å². The number of rotatable bonds is 8. The molecule has 0 aliphatic rings. The van der Waals surface area contributed by atoms with Gasteiger partial charge in [-0.3, -0.25) is 0 Å². The van der Waals surface area contributed by atoms with Crippen LogP contribution < -0.4 is 0 Å². The Morgan fingerprint density at radius 2 is 2.00 bits per heavy atom. The lowest BCUT2D eigenvalue weighted by atomic mass is 9.80. The molecule has 18 heavy (non-hydrogen) atoms. The molecule has 1 aromatic carbocycles. The number of halogens is 3. The maximum Gasteiger partial charge on any atom is 0.123 e. The summed E-state index contributed by atoms with van der Waals surface area (Å²) in [6, 6.07) is 6.64. The van der Waals surface area contributed by atoms with Gasteiger partial charge in [0.15, 0.2) is 0 Å². The van der Waals surface area contributed by atoms with Crippen molar-refractivity contribution < 1.29 is 4.39 Å². The molecule has 0 saturated heterocycles. The lowest BCUT2D eigenvalue weighted by molar-refractivity contribution is 0.483. The van der Waals surface area contributed by atoms with E-state index in [1.807, 2.05) is 17.8 Å². The van der Waals surface area contributed by atoms with E-state index >= 15 is 0 Å². The van der Waals surface area contributed by atoms with Gasteiger partial charge in [-0.2, -0.15) is 11.8 Å². The summed E-state index contributed by atoms with van der Waals surface area (Å²) in [5, 5.41) is 0. The van der Waals surface area contributed by atoms with E-state index in [0.29, 0.717) is 11.8 Å². The monoisotopic (exact) mass is 308 g/mol. The Hall–Kier alpha value is 0.0800. The zero-order valence-electron chi connectivity index (χ0n) is 10.6. The van der Waals surface area contributed by atoms with Crippen LogP contribution >= 0.6 is 35.0 Å². The van der Waals surface area contributed by atoms with Crippen molar-refractivity contribution in [2.24, 2.45) is 0 Å². The molecule has 0 amide bonds. The fourth-order valence-electron chi connectivity index (χ4n) is 1.94. The molecule has 0 radical (unpaired) electrons. The molecule has 0 nitrogen and oxygen atoms in total. The van der Waals surface area contributed by atoms with Crippen molar-refractivity contribution >= 4 is 35.0 Å². The average molecular weight is 309 g/mol. The molecular weight excluding hydrogens is 290 g/mol. The third kappa shape index (κ3) is 4.32.